The number of benzene rings is 1. The van der Waals surface area contributed by atoms with Crippen LogP contribution in [0.5, 0.6) is 11.6 Å². The number of aromatic hydroxyl groups is 2. The van der Waals surface area contributed by atoms with Gasteiger partial charge in [0.1, 0.15) is 5.75 Å². The van der Waals surface area contributed by atoms with Gasteiger partial charge in [-0.25, -0.2) is 4.99 Å². The molecular weight excluding hydrogens is 318 g/mol. The van der Waals surface area contributed by atoms with Crippen LogP contribution in [0.25, 0.3) is 0 Å². The molecule has 0 atom stereocenters. The third-order valence-electron chi connectivity index (χ3n) is 3.80. The summed E-state index contributed by atoms with van der Waals surface area (Å²) in [7, 11) is 0. The summed E-state index contributed by atoms with van der Waals surface area (Å²) in [5, 5.41) is 20.1. The lowest BCUT2D eigenvalue weighted by atomic mass is 9.78. The van der Waals surface area contributed by atoms with Crippen molar-refractivity contribution in [3.05, 3.63) is 45.2 Å². The third-order valence-corrected chi connectivity index (χ3v) is 3.80. The first-order chi connectivity index (χ1) is 11.4. The molecule has 3 N–H and O–H groups in total. The van der Waals surface area contributed by atoms with Crippen LogP contribution in [0.4, 0.5) is 5.95 Å². The Hall–Kier alpha value is -2.63. The van der Waals surface area contributed by atoms with E-state index in [1.54, 1.807) is 6.21 Å². The van der Waals surface area contributed by atoms with Crippen LogP contribution in [0.1, 0.15) is 58.2 Å². The molecule has 0 radical (unpaired) electrons. The minimum Gasteiger partial charge on any atom is -0.507 e. The van der Waals surface area contributed by atoms with Crippen molar-refractivity contribution in [2.75, 3.05) is 0 Å². The zero-order valence-electron chi connectivity index (χ0n) is 15.5. The molecule has 1 heterocycles. The van der Waals surface area contributed by atoms with Crippen molar-refractivity contribution in [3.63, 3.8) is 0 Å². The Morgan fingerprint density at radius 1 is 1.00 bits per heavy atom. The molecule has 2 aromatic rings. The van der Waals surface area contributed by atoms with Gasteiger partial charge in [0.2, 0.25) is 11.8 Å². The van der Waals surface area contributed by atoms with E-state index in [0.29, 0.717) is 5.75 Å². The van der Waals surface area contributed by atoms with E-state index in [-0.39, 0.29) is 22.7 Å². The quantitative estimate of drug-likeness (QED) is 0.726. The normalized spacial score (nSPS) is 12.7. The maximum Gasteiger partial charge on any atom is 0.256 e. The summed E-state index contributed by atoms with van der Waals surface area (Å²) in [6.07, 6.45) is 1.56. The van der Waals surface area contributed by atoms with Crippen molar-refractivity contribution in [1.82, 2.24) is 9.97 Å². The van der Waals surface area contributed by atoms with Crippen LogP contribution < -0.4 is 5.56 Å². The van der Waals surface area contributed by atoms with Crippen molar-refractivity contribution >= 4 is 12.2 Å². The highest BCUT2D eigenvalue weighted by Crippen LogP contribution is 2.39. The summed E-state index contributed by atoms with van der Waals surface area (Å²) < 4.78 is 0. The number of hydrogen-bond acceptors (Lipinski definition) is 5. The van der Waals surface area contributed by atoms with Gasteiger partial charge in [-0.05, 0) is 28.5 Å². The topological polar surface area (TPSA) is 98.6 Å². The number of nitrogens with zero attached hydrogens (tertiary/aromatic N) is 2. The fourth-order valence-corrected chi connectivity index (χ4v) is 2.50. The zero-order chi connectivity index (χ0) is 19.0. The molecule has 0 aliphatic heterocycles. The summed E-state index contributed by atoms with van der Waals surface area (Å²) in [5.41, 5.74) is 1.45. The Morgan fingerprint density at radius 3 is 1.96 bits per heavy atom. The average molecular weight is 343 g/mol. The predicted molar refractivity (Wildman–Crippen MR) is 99.3 cm³/mol. The molecule has 1 aromatic carbocycles. The molecule has 0 bridgehead atoms. The molecular formula is C19H25N3O3. The number of H-pyrrole nitrogens is 1. The molecule has 6 nitrogen and oxygen atoms in total. The number of rotatable bonds is 2. The first kappa shape index (κ1) is 18.7. The lowest BCUT2D eigenvalue weighted by Crippen LogP contribution is -2.17. The average Bonchev–Trinajstić information content (AvgIpc) is 2.42. The molecule has 25 heavy (non-hydrogen) atoms. The maximum absolute atomic E-state index is 11.4. The van der Waals surface area contributed by atoms with Crippen LogP contribution in [0.2, 0.25) is 0 Å². The Balaban J connectivity index is 2.57. The minimum absolute atomic E-state index is 0.0210. The second-order valence-electron chi connectivity index (χ2n) is 8.15. The number of phenols is 1. The Kier molecular flexibility index (Phi) is 4.75. The lowest BCUT2D eigenvalue weighted by molar-refractivity contribution is 0.423. The third kappa shape index (κ3) is 4.47. The van der Waals surface area contributed by atoms with E-state index in [0.717, 1.165) is 22.8 Å². The predicted octanol–water partition coefficient (Wildman–Crippen LogP) is 3.53. The van der Waals surface area contributed by atoms with E-state index in [9.17, 15) is 15.0 Å². The van der Waals surface area contributed by atoms with Crippen molar-refractivity contribution in [2.24, 2.45) is 4.99 Å². The fourth-order valence-electron chi connectivity index (χ4n) is 2.50. The summed E-state index contributed by atoms with van der Waals surface area (Å²) in [6, 6.07) is 4.72. The van der Waals surface area contributed by atoms with Crippen LogP contribution in [0.15, 0.2) is 28.0 Å². The van der Waals surface area contributed by atoms with Crippen LogP contribution >= 0.6 is 0 Å². The maximum atomic E-state index is 11.4. The Labute approximate surface area is 147 Å². The zero-order valence-corrected chi connectivity index (χ0v) is 15.5. The second-order valence-corrected chi connectivity index (χ2v) is 8.15. The summed E-state index contributed by atoms with van der Waals surface area (Å²) in [6.45, 7) is 12.2. The number of nitrogens with one attached hydrogen (secondary N) is 1. The molecule has 0 aliphatic rings. The molecule has 0 fully saturated rings. The van der Waals surface area contributed by atoms with Gasteiger partial charge < -0.3 is 10.2 Å². The van der Waals surface area contributed by atoms with Gasteiger partial charge in [-0.1, -0.05) is 41.5 Å². The van der Waals surface area contributed by atoms with E-state index < -0.39 is 5.56 Å². The smallest absolute Gasteiger partial charge is 0.256 e. The first-order valence-corrected chi connectivity index (χ1v) is 8.10. The first-order valence-electron chi connectivity index (χ1n) is 8.10. The molecule has 2 rings (SSSR count). The van der Waals surface area contributed by atoms with E-state index in [4.69, 9.17) is 0 Å². The van der Waals surface area contributed by atoms with E-state index in [1.165, 1.54) is 0 Å². The Morgan fingerprint density at radius 2 is 1.52 bits per heavy atom. The second kappa shape index (κ2) is 6.35. The summed E-state index contributed by atoms with van der Waals surface area (Å²) >= 11 is 0. The fraction of sp³-hybridized carbons (Fsp3) is 0.421. The van der Waals surface area contributed by atoms with Crippen molar-refractivity contribution in [3.8, 4) is 11.6 Å². The number of aliphatic imine (C=N–C) groups is 1. The van der Waals surface area contributed by atoms with Crippen LogP contribution in [-0.4, -0.2) is 26.4 Å². The summed E-state index contributed by atoms with van der Waals surface area (Å²) in [4.78, 5) is 21.7. The van der Waals surface area contributed by atoms with Crippen molar-refractivity contribution in [2.45, 2.75) is 52.4 Å². The standard InChI is InChI=1S/C19H25N3O3/c1-18(2,3)12-7-11(8-13(16(12)25)19(4,5)6)10-20-17-21-14(23)9-15(24)22-17/h7-10,25H,1-6H3,(H2,21,22,23,24)/b20-10+. The van der Waals surface area contributed by atoms with Gasteiger partial charge in [-0.2, -0.15) is 4.98 Å². The molecule has 1 aromatic heterocycles. The van der Waals surface area contributed by atoms with Gasteiger partial charge in [0.25, 0.3) is 5.56 Å². The molecule has 0 spiro atoms. The van der Waals surface area contributed by atoms with Gasteiger partial charge in [-0.15, -0.1) is 0 Å². The molecule has 0 saturated heterocycles. The highest BCUT2D eigenvalue weighted by molar-refractivity contribution is 5.83. The van der Waals surface area contributed by atoms with Crippen molar-refractivity contribution in [1.29, 1.82) is 0 Å². The van der Waals surface area contributed by atoms with Gasteiger partial charge in [0.15, 0.2) is 0 Å². The molecule has 0 unspecified atom stereocenters. The van der Waals surface area contributed by atoms with Crippen LogP contribution in [-0.2, 0) is 10.8 Å². The lowest BCUT2D eigenvalue weighted by Gasteiger charge is -2.27. The molecule has 6 heteroatoms. The van der Waals surface area contributed by atoms with Crippen LogP contribution in [0.3, 0.4) is 0 Å². The molecule has 134 valence electrons. The van der Waals surface area contributed by atoms with Gasteiger partial charge >= 0.3 is 0 Å². The number of phenolic OH excluding ortho intramolecular Hbond substituents is 1. The van der Waals surface area contributed by atoms with Gasteiger partial charge in [-0.3, -0.25) is 9.78 Å². The molecule has 0 saturated carbocycles. The summed E-state index contributed by atoms with van der Waals surface area (Å²) in [5.74, 6) is -0.0684. The Bertz CT molecular complexity index is 834. The van der Waals surface area contributed by atoms with Gasteiger partial charge in [0.05, 0.1) is 6.07 Å². The monoisotopic (exact) mass is 343 g/mol. The van der Waals surface area contributed by atoms with Crippen LogP contribution in [0, 0.1) is 0 Å². The van der Waals surface area contributed by atoms with E-state index >= 15 is 0 Å². The highest BCUT2D eigenvalue weighted by Gasteiger charge is 2.26. The molecule has 0 aliphatic carbocycles. The van der Waals surface area contributed by atoms with E-state index in [2.05, 4.69) is 15.0 Å². The number of hydrogen-bond donors (Lipinski definition) is 3. The van der Waals surface area contributed by atoms with E-state index in [1.807, 2.05) is 53.7 Å². The molecule has 0 amide bonds. The minimum atomic E-state index is -0.476. The van der Waals surface area contributed by atoms with Gasteiger partial charge in [0, 0.05) is 17.3 Å². The number of aromatic amines is 1. The SMILES string of the molecule is CC(C)(C)c1cc(/C=N/c2nc(O)cc(=O)[nH]2)cc(C(C)(C)C)c1O. The highest BCUT2D eigenvalue weighted by atomic mass is 16.3. The largest absolute Gasteiger partial charge is 0.507 e. The van der Waals surface area contributed by atoms with Crippen molar-refractivity contribution < 1.29 is 10.2 Å². The number of aromatic nitrogens is 2.